The average molecular weight is 309 g/mol. The molecule has 0 saturated heterocycles. The van der Waals surface area contributed by atoms with Crippen LogP contribution in [0, 0.1) is 13.8 Å². The first kappa shape index (κ1) is 15.1. The fourth-order valence-corrected chi connectivity index (χ4v) is 3.07. The predicted molar refractivity (Wildman–Crippen MR) is 76.1 cm³/mol. The highest BCUT2D eigenvalue weighted by molar-refractivity contribution is 7.15. The Hall–Kier alpha value is -2.29. The van der Waals surface area contributed by atoms with E-state index in [0.717, 1.165) is 5.01 Å². The van der Waals surface area contributed by atoms with Crippen LogP contribution in [0.25, 0.3) is 10.6 Å². The summed E-state index contributed by atoms with van der Waals surface area (Å²) in [5, 5.41) is 17.6. The van der Waals surface area contributed by atoms with E-state index in [0.29, 0.717) is 17.0 Å². The molecule has 0 bridgehead atoms. The number of carbonyl (C=O) groups excluding carboxylic acids is 1. The summed E-state index contributed by atoms with van der Waals surface area (Å²) in [4.78, 5) is 27.8. The van der Waals surface area contributed by atoms with Crippen molar-refractivity contribution in [3.8, 4) is 10.6 Å². The number of amides is 1. The van der Waals surface area contributed by atoms with E-state index in [-0.39, 0.29) is 11.4 Å². The third-order valence-electron chi connectivity index (χ3n) is 3.03. The zero-order chi connectivity index (χ0) is 15.7. The van der Waals surface area contributed by atoms with Gasteiger partial charge in [0.2, 0.25) is 5.91 Å². The van der Waals surface area contributed by atoms with Gasteiger partial charge < -0.3 is 10.8 Å². The van der Waals surface area contributed by atoms with Gasteiger partial charge in [-0.2, -0.15) is 0 Å². The summed E-state index contributed by atoms with van der Waals surface area (Å²) in [5.41, 5.74) is 6.10. The van der Waals surface area contributed by atoms with Gasteiger partial charge in [0.25, 0.3) is 0 Å². The highest BCUT2D eigenvalue weighted by Crippen LogP contribution is 2.33. The van der Waals surface area contributed by atoms with Gasteiger partial charge in [-0.05, 0) is 20.3 Å². The van der Waals surface area contributed by atoms with Crippen LogP contribution in [0.4, 0.5) is 0 Å². The Kier molecular flexibility index (Phi) is 4.03. The molecule has 2 rings (SSSR count). The second-order valence-electron chi connectivity index (χ2n) is 4.51. The normalized spacial score (nSPS) is 12.3. The van der Waals surface area contributed by atoms with Crippen molar-refractivity contribution < 1.29 is 14.7 Å². The molecule has 0 radical (unpaired) electrons. The van der Waals surface area contributed by atoms with E-state index in [9.17, 15) is 14.7 Å². The Morgan fingerprint density at radius 1 is 1.43 bits per heavy atom. The summed E-state index contributed by atoms with van der Waals surface area (Å²) in [6, 6.07) is -0.748. The third-order valence-corrected chi connectivity index (χ3v) is 4.11. The molecule has 2 aromatic rings. The van der Waals surface area contributed by atoms with Crippen molar-refractivity contribution >= 4 is 23.2 Å². The smallest absolute Gasteiger partial charge is 0.358 e. The first-order valence-electron chi connectivity index (χ1n) is 6.29. The molecule has 0 aliphatic carbocycles. The van der Waals surface area contributed by atoms with Gasteiger partial charge >= 0.3 is 5.97 Å². The standard InChI is InChI=1S/C12H15N5O3S/c1-4-7(11(13)18)17-9(8(12(19)20)15-16-17)10-5(2)14-6(3)21-10/h7H,4H2,1-3H3,(H2,13,18)(H,19,20). The van der Waals surface area contributed by atoms with E-state index in [1.54, 1.807) is 13.8 Å². The maximum atomic E-state index is 11.6. The summed E-state index contributed by atoms with van der Waals surface area (Å²) in [6.45, 7) is 5.36. The van der Waals surface area contributed by atoms with E-state index in [1.807, 2.05) is 6.92 Å². The minimum atomic E-state index is -1.21. The average Bonchev–Trinajstić information content (AvgIpc) is 2.93. The second-order valence-corrected chi connectivity index (χ2v) is 5.71. The topological polar surface area (TPSA) is 124 Å². The molecule has 0 saturated carbocycles. The lowest BCUT2D eigenvalue weighted by Crippen LogP contribution is -2.27. The molecule has 8 nitrogen and oxygen atoms in total. The van der Waals surface area contributed by atoms with Crippen LogP contribution in [-0.2, 0) is 4.79 Å². The van der Waals surface area contributed by atoms with Gasteiger partial charge in [-0.15, -0.1) is 16.4 Å². The summed E-state index contributed by atoms with van der Waals surface area (Å²) < 4.78 is 1.28. The SMILES string of the molecule is CCC(C(N)=O)n1nnc(C(=O)O)c1-c1sc(C)nc1C. The van der Waals surface area contributed by atoms with Gasteiger partial charge in [0, 0.05) is 0 Å². The predicted octanol–water partition coefficient (Wildman–Crippen LogP) is 1.15. The first-order valence-corrected chi connectivity index (χ1v) is 7.10. The molecular formula is C12H15N5O3S. The van der Waals surface area contributed by atoms with Crippen LogP contribution < -0.4 is 5.73 Å². The van der Waals surface area contributed by atoms with Crippen LogP contribution in [0.1, 0.15) is 40.6 Å². The van der Waals surface area contributed by atoms with Crippen LogP contribution in [-0.4, -0.2) is 37.0 Å². The van der Waals surface area contributed by atoms with E-state index >= 15 is 0 Å². The molecule has 0 aliphatic heterocycles. The minimum Gasteiger partial charge on any atom is -0.476 e. The molecule has 2 heterocycles. The second kappa shape index (κ2) is 5.60. The number of hydrogen-bond acceptors (Lipinski definition) is 6. The van der Waals surface area contributed by atoms with Gasteiger partial charge in [-0.25, -0.2) is 14.5 Å². The number of carboxylic acids is 1. The van der Waals surface area contributed by atoms with Crippen molar-refractivity contribution in [2.24, 2.45) is 5.73 Å². The summed E-state index contributed by atoms with van der Waals surface area (Å²) in [6.07, 6.45) is 0.390. The number of aryl methyl sites for hydroxylation is 2. The summed E-state index contributed by atoms with van der Waals surface area (Å²) >= 11 is 1.33. The highest BCUT2D eigenvalue weighted by Gasteiger charge is 2.29. The number of nitrogens with two attached hydrogens (primary N) is 1. The minimum absolute atomic E-state index is 0.207. The molecule has 1 unspecified atom stereocenters. The van der Waals surface area contributed by atoms with Crippen molar-refractivity contribution in [3.63, 3.8) is 0 Å². The highest BCUT2D eigenvalue weighted by atomic mass is 32.1. The first-order chi connectivity index (χ1) is 9.86. The quantitative estimate of drug-likeness (QED) is 0.853. The number of nitrogens with zero attached hydrogens (tertiary/aromatic N) is 4. The molecular weight excluding hydrogens is 294 g/mol. The lowest BCUT2D eigenvalue weighted by molar-refractivity contribution is -0.121. The molecule has 2 aromatic heterocycles. The zero-order valence-electron chi connectivity index (χ0n) is 11.8. The Labute approximate surface area is 124 Å². The molecule has 3 N–H and O–H groups in total. The Bertz CT molecular complexity index is 706. The molecule has 112 valence electrons. The maximum Gasteiger partial charge on any atom is 0.358 e. The lowest BCUT2D eigenvalue weighted by atomic mass is 10.2. The van der Waals surface area contributed by atoms with Crippen LogP contribution in [0.2, 0.25) is 0 Å². The van der Waals surface area contributed by atoms with E-state index in [2.05, 4.69) is 15.3 Å². The van der Waals surface area contributed by atoms with Crippen molar-refractivity contribution in [3.05, 3.63) is 16.4 Å². The number of carboxylic acid groups (broad SMARTS) is 1. The van der Waals surface area contributed by atoms with E-state index in [4.69, 9.17) is 5.73 Å². The van der Waals surface area contributed by atoms with E-state index in [1.165, 1.54) is 16.0 Å². The molecule has 0 spiro atoms. The fraction of sp³-hybridized carbons (Fsp3) is 0.417. The van der Waals surface area contributed by atoms with Crippen LogP contribution in [0.5, 0.6) is 0 Å². The molecule has 9 heteroatoms. The van der Waals surface area contributed by atoms with Crippen molar-refractivity contribution in [1.29, 1.82) is 0 Å². The number of aromatic carboxylic acids is 1. The van der Waals surface area contributed by atoms with Gasteiger partial charge in [0.1, 0.15) is 11.7 Å². The van der Waals surface area contributed by atoms with Gasteiger partial charge in [0.05, 0.1) is 15.6 Å². The number of thiazole rings is 1. The monoisotopic (exact) mass is 309 g/mol. The fourth-order valence-electron chi connectivity index (χ4n) is 2.11. The number of carbonyl (C=O) groups is 2. The lowest BCUT2D eigenvalue weighted by Gasteiger charge is -2.13. The molecule has 1 amide bonds. The molecule has 1 atom stereocenters. The van der Waals surface area contributed by atoms with Crippen LogP contribution >= 0.6 is 11.3 Å². The van der Waals surface area contributed by atoms with Crippen molar-refractivity contribution in [1.82, 2.24) is 20.0 Å². The summed E-state index contributed by atoms with van der Waals surface area (Å²) in [5.74, 6) is -1.79. The van der Waals surface area contributed by atoms with Gasteiger partial charge in [-0.3, -0.25) is 4.79 Å². The summed E-state index contributed by atoms with van der Waals surface area (Å²) in [7, 11) is 0. The number of aromatic nitrogens is 4. The Morgan fingerprint density at radius 3 is 2.52 bits per heavy atom. The maximum absolute atomic E-state index is 11.6. The zero-order valence-corrected chi connectivity index (χ0v) is 12.6. The largest absolute Gasteiger partial charge is 0.476 e. The van der Waals surface area contributed by atoms with E-state index < -0.39 is 17.9 Å². The molecule has 21 heavy (non-hydrogen) atoms. The van der Waals surface area contributed by atoms with Crippen molar-refractivity contribution in [2.75, 3.05) is 0 Å². The van der Waals surface area contributed by atoms with Crippen LogP contribution in [0.15, 0.2) is 0 Å². The Morgan fingerprint density at radius 2 is 2.10 bits per heavy atom. The van der Waals surface area contributed by atoms with Gasteiger partial charge in [0.15, 0.2) is 5.69 Å². The Balaban J connectivity index is 2.71. The van der Waals surface area contributed by atoms with Crippen LogP contribution in [0.3, 0.4) is 0 Å². The number of rotatable bonds is 5. The number of hydrogen-bond donors (Lipinski definition) is 2. The van der Waals surface area contributed by atoms with Gasteiger partial charge in [-0.1, -0.05) is 12.1 Å². The van der Waals surface area contributed by atoms with Crippen molar-refractivity contribution in [2.45, 2.75) is 33.2 Å². The molecule has 0 aliphatic rings. The third kappa shape index (κ3) is 2.64. The molecule has 0 fully saturated rings. The number of primary amides is 1. The molecule has 0 aromatic carbocycles.